The van der Waals surface area contributed by atoms with Crippen molar-refractivity contribution in [3.8, 4) is 0 Å². The van der Waals surface area contributed by atoms with Crippen molar-refractivity contribution < 1.29 is 5.11 Å². The molecule has 0 spiro atoms. The van der Waals surface area contributed by atoms with Gasteiger partial charge in [0, 0.05) is 29.2 Å². The monoisotopic (exact) mass is 325 g/mol. The number of nitrogens with two attached hydrogens (primary N) is 1. The Morgan fingerprint density at radius 3 is 2.75 bits per heavy atom. The second-order valence-electron chi connectivity index (χ2n) is 6.75. The minimum Gasteiger partial charge on any atom is -0.387 e. The zero-order valence-corrected chi connectivity index (χ0v) is 14.6. The topological polar surface area (TPSA) is 62.4 Å². The number of pyridine rings is 1. The molecule has 24 heavy (non-hydrogen) atoms. The van der Waals surface area contributed by atoms with Gasteiger partial charge in [0.05, 0.1) is 11.6 Å². The summed E-state index contributed by atoms with van der Waals surface area (Å²) >= 11 is 0. The molecule has 3 N–H and O–H groups in total. The standard InChI is InChI=1S/C20H27N3O/c1-3-4-15-6-8-18(20-17(15)7-5-14(2)22-20)19(24)13-23-11-9-16(21)10-12-23/h3-8,16,19,24H,9-13,21H2,1-2H3/b4-3+. The molecule has 4 nitrogen and oxygen atoms in total. The van der Waals surface area contributed by atoms with E-state index in [1.807, 2.05) is 32.1 Å². The molecule has 1 atom stereocenters. The van der Waals surface area contributed by atoms with Gasteiger partial charge in [0.25, 0.3) is 0 Å². The summed E-state index contributed by atoms with van der Waals surface area (Å²) in [6.07, 6.45) is 5.59. The molecule has 1 aliphatic rings. The van der Waals surface area contributed by atoms with Crippen LogP contribution < -0.4 is 5.73 Å². The number of nitrogens with zero attached hydrogens (tertiary/aromatic N) is 2. The van der Waals surface area contributed by atoms with Crippen LogP contribution in [0.5, 0.6) is 0 Å². The Morgan fingerprint density at radius 1 is 1.29 bits per heavy atom. The van der Waals surface area contributed by atoms with E-state index >= 15 is 0 Å². The van der Waals surface area contributed by atoms with Gasteiger partial charge in [-0.25, -0.2) is 0 Å². The van der Waals surface area contributed by atoms with Crippen LogP contribution in [0.2, 0.25) is 0 Å². The molecule has 0 amide bonds. The quantitative estimate of drug-likeness (QED) is 0.907. The second kappa shape index (κ2) is 7.43. The van der Waals surface area contributed by atoms with E-state index in [1.165, 1.54) is 0 Å². The van der Waals surface area contributed by atoms with Crippen LogP contribution in [0.4, 0.5) is 0 Å². The van der Waals surface area contributed by atoms with Crippen molar-refractivity contribution in [3.63, 3.8) is 0 Å². The zero-order valence-electron chi connectivity index (χ0n) is 14.6. The fourth-order valence-electron chi connectivity index (χ4n) is 3.43. The first-order valence-electron chi connectivity index (χ1n) is 8.77. The fourth-order valence-corrected chi connectivity index (χ4v) is 3.43. The zero-order chi connectivity index (χ0) is 17.1. The Morgan fingerprint density at radius 2 is 2.04 bits per heavy atom. The highest BCUT2D eigenvalue weighted by Crippen LogP contribution is 2.28. The van der Waals surface area contributed by atoms with Gasteiger partial charge in [-0.2, -0.15) is 0 Å². The van der Waals surface area contributed by atoms with Gasteiger partial charge in [0.2, 0.25) is 0 Å². The first kappa shape index (κ1) is 17.1. The number of piperidine rings is 1. The van der Waals surface area contributed by atoms with E-state index < -0.39 is 6.10 Å². The molecule has 0 radical (unpaired) electrons. The third kappa shape index (κ3) is 3.66. The lowest BCUT2D eigenvalue weighted by Gasteiger charge is -2.31. The van der Waals surface area contributed by atoms with Crippen LogP contribution in [0.3, 0.4) is 0 Å². The number of fused-ring (bicyclic) bond motifs is 1. The maximum absolute atomic E-state index is 10.8. The van der Waals surface area contributed by atoms with Crippen molar-refractivity contribution in [2.24, 2.45) is 5.73 Å². The molecule has 1 aliphatic heterocycles. The summed E-state index contributed by atoms with van der Waals surface area (Å²) in [5.74, 6) is 0. The predicted octanol–water partition coefficient (Wildman–Crippen LogP) is 3.03. The van der Waals surface area contributed by atoms with Crippen molar-refractivity contribution in [2.45, 2.75) is 38.8 Å². The van der Waals surface area contributed by atoms with Crippen LogP contribution in [0, 0.1) is 6.92 Å². The van der Waals surface area contributed by atoms with Crippen LogP contribution in [0.15, 0.2) is 30.3 Å². The van der Waals surface area contributed by atoms with Crippen molar-refractivity contribution in [3.05, 3.63) is 47.2 Å². The van der Waals surface area contributed by atoms with Crippen LogP contribution in [-0.2, 0) is 0 Å². The molecule has 0 bridgehead atoms. The number of aliphatic hydroxyl groups excluding tert-OH is 1. The van der Waals surface area contributed by atoms with E-state index in [0.29, 0.717) is 12.6 Å². The molecular formula is C20H27N3O. The van der Waals surface area contributed by atoms with Crippen molar-refractivity contribution in [1.29, 1.82) is 0 Å². The summed E-state index contributed by atoms with van der Waals surface area (Å²) in [6, 6.07) is 8.53. The van der Waals surface area contributed by atoms with Crippen molar-refractivity contribution in [1.82, 2.24) is 9.88 Å². The van der Waals surface area contributed by atoms with Gasteiger partial charge in [-0.05, 0) is 51.4 Å². The summed E-state index contributed by atoms with van der Waals surface area (Å²) in [5, 5.41) is 11.9. The summed E-state index contributed by atoms with van der Waals surface area (Å²) < 4.78 is 0. The lowest BCUT2D eigenvalue weighted by molar-refractivity contribution is 0.0985. The highest BCUT2D eigenvalue weighted by Gasteiger charge is 2.21. The molecule has 1 saturated heterocycles. The molecule has 2 aromatic rings. The molecule has 1 unspecified atom stereocenters. The first-order valence-corrected chi connectivity index (χ1v) is 8.77. The highest BCUT2D eigenvalue weighted by atomic mass is 16.3. The van der Waals surface area contributed by atoms with Crippen LogP contribution in [0.1, 0.15) is 42.7 Å². The Labute approximate surface area is 144 Å². The number of β-amino-alcohol motifs (C(OH)–C–C–N with tert-alkyl or cyclic N) is 1. The molecule has 2 heterocycles. The molecule has 128 valence electrons. The summed E-state index contributed by atoms with van der Waals surface area (Å²) in [6.45, 7) is 6.56. The van der Waals surface area contributed by atoms with E-state index in [2.05, 4.69) is 23.1 Å². The number of allylic oxidation sites excluding steroid dienone is 1. The van der Waals surface area contributed by atoms with E-state index in [4.69, 9.17) is 10.7 Å². The third-order valence-electron chi connectivity index (χ3n) is 4.83. The Hall–Kier alpha value is -1.75. The number of likely N-dealkylation sites (tertiary alicyclic amines) is 1. The van der Waals surface area contributed by atoms with Gasteiger partial charge < -0.3 is 15.7 Å². The molecular weight excluding hydrogens is 298 g/mol. The van der Waals surface area contributed by atoms with E-state index in [-0.39, 0.29) is 0 Å². The Balaban J connectivity index is 1.91. The van der Waals surface area contributed by atoms with E-state index in [9.17, 15) is 5.11 Å². The van der Waals surface area contributed by atoms with Crippen LogP contribution in [0.25, 0.3) is 17.0 Å². The van der Waals surface area contributed by atoms with Crippen LogP contribution in [-0.4, -0.2) is 40.7 Å². The number of aliphatic hydroxyl groups is 1. The fraction of sp³-hybridized carbons (Fsp3) is 0.450. The summed E-state index contributed by atoms with van der Waals surface area (Å²) in [7, 11) is 0. The van der Waals surface area contributed by atoms with Gasteiger partial charge in [0.1, 0.15) is 0 Å². The summed E-state index contributed by atoms with van der Waals surface area (Å²) in [5.41, 5.74) is 9.90. The average molecular weight is 325 g/mol. The number of aromatic nitrogens is 1. The number of aryl methyl sites for hydroxylation is 1. The third-order valence-corrected chi connectivity index (χ3v) is 4.83. The van der Waals surface area contributed by atoms with Gasteiger partial charge >= 0.3 is 0 Å². The molecule has 4 heteroatoms. The first-order chi connectivity index (χ1) is 11.6. The summed E-state index contributed by atoms with van der Waals surface area (Å²) in [4.78, 5) is 7.01. The van der Waals surface area contributed by atoms with Gasteiger partial charge in [-0.15, -0.1) is 0 Å². The number of rotatable bonds is 4. The lowest BCUT2D eigenvalue weighted by atomic mass is 9.98. The Kier molecular flexibility index (Phi) is 5.29. The molecule has 1 aromatic carbocycles. The molecule has 0 saturated carbocycles. The number of benzene rings is 1. The molecule has 1 fully saturated rings. The minimum absolute atomic E-state index is 0.309. The van der Waals surface area contributed by atoms with Gasteiger partial charge in [0.15, 0.2) is 0 Å². The molecule has 3 rings (SSSR count). The number of hydrogen-bond acceptors (Lipinski definition) is 4. The van der Waals surface area contributed by atoms with E-state index in [1.54, 1.807) is 0 Å². The molecule has 1 aromatic heterocycles. The van der Waals surface area contributed by atoms with Crippen molar-refractivity contribution >= 4 is 17.0 Å². The molecule has 0 aliphatic carbocycles. The SMILES string of the molecule is C/C=C/c1ccc(C(O)CN2CCC(N)CC2)c2nc(C)ccc12. The van der Waals surface area contributed by atoms with E-state index in [0.717, 1.165) is 53.7 Å². The average Bonchev–Trinajstić information content (AvgIpc) is 2.57. The lowest BCUT2D eigenvalue weighted by Crippen LogP contribution is -2.41. The minimum atomic E-state index is -0.532. The smallest absolute Gasteiger partial charge is 0.0937 e. The van der Waals surface area contributed by atoms with Crippen LogP contribution >= 0.6 is 0 Å². The maximum Gasteiger partial charge on any atom is 0.0937 e. The second-order valence-corrected chi connectivity index (χ2v) is 6.75. The Bertz CT molecular complexity index is 733. The normalized spacial score (nSPS) is 18.5. The number of hydrogen-bond donors (Lipinski definition) is 2. The largest absolute Gasteiger partial charge is 0.387 e. The van der Waals surface area contributed by atoms with Crippen molar-refractivity contribution in [2.75, 3.05) is 19.6 Å². The predicted molar refractivity (Wildman–Crippen MR) is 99.8 cm³/mol. The van der Waals surface area contributed by atoms with Gasteiger partial charge in [-0.1, -0.05) is 30.4 Å². The maximum atomic E-state index is 10.8. The highest BCUT2D eigenvalue weighted by molar-refractivity contribution is 5.90. The van der Waals surface area contributed by atoms with Gasteiger partial charge in [-0.3, -0.25) is 4.98 Å².